The predicted molar refractivity (Wildman–Crippen MR) is 102 cm³/mol. The molecule has 1 N–H and O–H groups in total. The zero-order valence-corrected chi connectivity index (χ0v) is 16.2. The van der Waals surface area contributed by atoms with E-state index in [0.717, 1.165) is 16.7 Å². The number of nitrogens with zero attached hydrogens (tertiary/aromatic N) is 2. The van der Waals surface area contributed by atoms with Crippen molar-refractivity contribution in [2.75, 3.05) is 6.61 Å². The third-order valence-corrected chi connectivity index (χ3v) is 4.73. The maximum atomic E-state index is 13.6. The molecule has 1 unspecified atom stereocenters. The maximum absolute atomic E-state index is 13.6. The number of rotatable bonds is 4. The molecule has 0 radical (unpaired) electrons. The van der Waals surface area contributed by atoms with Crippen molar-refractivity contribution in [2.24, 2.45) is 5.10 Å². The van der Waals surface area contributed by atoms with Gasteiger partial charge in [0.25, 0.3) is 11.6 Å². The number of benzene rings is 2. The molecule has 0 saturated heterocycles. The molecule has 2 aromatic carbocycles. The second kappa shape index (κ2) is 7.51. The molecule has 0 saturated carbocycles. The Balaban J connectivity index is 1.87. The van der Waals surface area contributed by atoms with Crippen LogP contribution in [0.2, 0.25) is 0 Å². The van der Waals surface area contributed by atoms with E-state index in [1.165, 1.54) is 0 Å². The fourth-order valence-corrected chi connectivity index (χ4v) is 3.41. The van der Waals surface area contributed by atoms with E-state index in [1.54, 1.807) is 44.2 Å². The fraction of sp³-hybridized carbons (Fsp3) is 0.333. The zero-order chi connectivity index (χ0) is 21.4. The van der Waals surface area contributed by atoms with E-state index in [2.05, 4.69) is 5.10 Å². The molecule has 8 heteroatoms. The second-order valence-corrected chi connectivity index (χ2v) is 7.13. The summed E-state index contributed by atoms with van der Waals surface area (Å²) in [6.07, 6.45) is -5.94. The first-order chi connectivity index (χ1) is 13.5. The Morgan fingerprint density at radius 3 is 2.31 bits per heavy atom. The van der Waals surface area contributed by atoms with Crippen molar-refractivity contribution in [3.63, 3.8) is 0 Å². The Morgan fingerprint density at radius 1 is 1.17 bits per heavy atom. The SMILES string of the molecule is Cc1cc(C)c(OCC(=O)N2N=C(c3ccccc3)CC2(O)C(F)(F)F)c(C)c1. The highest BCUT2D eigenvalue weighted by atomic mass is 19.4. The molecule has 1 amide bonds. The second-order valence-electron chi connectivity index (χ2n) is 7.13. The summed E-state index contributed by atoms with van der Waals surface area (Å²) in [6.45, 7) is 4.79. The summed E-state index contributed by atoms with van der Waals surface area (Å²) in [5.41, 5.74) is -0.525. The van der Waals surface area contributed by atoms with Crippen LogP contribution < -0.4 is 4.74 Å². The zero-order valence-electron chi connectivity index (χ0n) is 16.2. The van der Waals surface area contributed by atoms with Crippen molar-refractivity contribution >= 4 is 11.6 Å². The van der Waals surface area contributed by atoms with Crippen LogP contribution in [0.15, 0.2) is 47.6 Å². The minimum atomic E-state index is -5.08. The van der Waals surface area contributed by atoms with Crippen molar-refractivity contribution < 1.29 is 27.8 Å². The predicted octanol–water partition coefficient (Wildman–Crippen LogP) is 3.88. The standard InChI is InChI=1S/C21H21F3N2O3/c1-13-9-14(2)19(15(3)10-13)29-12-18(27)26-20(28,21(22,23)24)11-17(25-26)16-7-5-4-6-8-16/h4-10,28H,11-12H2,1-3H3. The smallest absolute Gasteiger partial charge is 0.438 e. The molecule has 0 spiro atoms. The number of amides is 1. The summed E-state index contributed by atoms with van der Waals surface area (Å²) in [5, 5.41) is 14.2. The van der Waals surface area contributed by atoms with Crippen LogP contribution in [0, 0.1) is 20.8 Å². The summed E-state index contributed by atoms with van der Waals surface area (Å²) in [7, 11) is 0. The summed E-state index contributed by atoms with van der Waals surface area (Å²) in [5.74, 6) is -0.666. The monoisotopic (exact) mass is 406 g/mol. The molecule has 5 nitrogen and oxygen atoms in total. The van der Waals surface area contributed by atoms with Crippen LogP contribution in [-0.4, -0.2) is 40.2 Å². The minimum Gasteiger partial charge on any atom is -0.483 e. The quantitative estimate of drug-likeness (QED) is 0.838. The molecule has 3 rings (SSSR count). The van der Waals surface area contributed by atoms with Gasteiger partial charge in [-0.3, -0.25) is 4.79 Å². The summed E-state index contributed by atoms with van der Waals surface area (Å²) in [4.78, 5) is 12.6. The largest absolute Gasteiger partial charge is 0.483 e. The van der Waals surface area contributed by atoms with Crippen molar-refractivity contribution in [1.82, 2.24) is 5.01 Å². The first-order valence-electron chi connectivity index (χ1n) is 8.98. The molecule has 0 aliphatic carbocycles. The average molecular weight is 406 g/mol. The summed E-state index contributed by atoms with van der Waals surface area (Å²) >= 11 is 0. The number of halogens is 3. The van der Waals surface area contributed by atoms with Crippen LogP contribution >= 0.6 is 0 Å². The summed E-state index contributed by atoms with van der Waals surface area (Å²) in [6, 6.07) is 11.8. The van der Waals surface area contributed by atoms with Gasteiger partial charge in [-0.15, -0.1) is 0 Å². The van der Waals surface area contributed by atoms with Crippen molar-refractivity contribution in [2.45, 2.75) is 39.1 Å². The summed E-state index contributed by atoms with van der Waals surface area (Å²) < 4.78 is 46.4. The molecule has 2 aromatic rings. The highest BCUT2D eigenvalue weighted by molar-refractivity contribution is 6.03. The molecule has 0 bridgehead atoms. The molecule has 29 heavy (non-hydrogen) atoms. The highest BCUT2D eigenvalue weighted by Crippen LogP contribution is 2.41. The molecule has 154 valence electrons. The van der Waals surface area contributed by atoms with Gasteiger partial charge in [-0.2, -0.15) is 23.3 Å². The van der Waals surface area contributed by atoms with E-state index in [1.807, 2.05) is 19.1 Å². The number of aryl methyl sites for hydroxylation is 3. The van der Waals surface area contributed by atoms with Gasteiger partial charge in [0.2, 0.25) is 0 Å². The van der Waals surface area contributed by atoms with Crippen molar-refractivity contribution in [3.8, 4) is 5.75 Å². The fourth-order valence-electron chi connectivity index (χ4n) is 3.41. The molecular formula is C21H21F3N2O3. The van der Waals surface area contributed by atoms with Gasteiger partial charge in [-0.25, -0.2) is 0 Å². The maximum Gasteiger partial charge on any atom is 0.438 e. The first kappa shape index (κ1) is 20.9. The van der Waals surface area contributed by atoms with Gasteiger partial charge in [0.15, 0.2) is 6.61 Å². The van der Waals surface area contributed by atoms with E-state index in [4.69, 9.17) is 4.74 Å². The number of hydrogen-bond acceptors (Lipinski definition) is 4. The molecule has 1 atom stereocenters. The third kappa shape index (κ3) is 3.98. The van der Waals surface area contributed by atoms with Gasteiger partial charge >= 0.3 is 6.18 Å². The van der Waals surface area contributed by atoms with Crippen LogP contribution in [0.1, 0.15) is 28.7 Å². The lowest BCUT2D eigenvalue weighted by Crippen LogP contribution is -2.57. The molecule has 1 aliphatic heterocycles. The number of hydrogen-bond donors (Lipinski definition) is 1. The lowest BCUT2D eigenvalue weighted by Gasteiger charge is -2.32. The normalized spacial score (nSPS) is 19.3. The number of aliphatic hydroxyl groups is 1. The van der Waals surface area contributed by atoms with Crippen LogP contribution in [0.25, 0.3) is 0 Å². The Bertz CT molecular complexity index is 934. The van der Waals surface area contributed by atoms with Gasteiger partial charge < -0.3 is 9.84 Å². The average Bonchev–Trinajstić information content (AvgIpc) is 3.00. The molecular weight excluding hydrogens is 385 g/mol. The Hall–Kier alpha value is -2.87. The Morgan fingerprint density at radius 2 is 1.76 bits per heavy atom. The number of carbonyl (C=O) groups excluding carboxylic acids is 1. The highest BCUT2D eigenvalue weighted by Gasteiger charge is 2.63. The molecule has 0 fully saturated rings. The van der Waals surface area contributed by atoms with E-state index in [9.17, 15) is 23.1 Å². The molecule has 1 heterocycles. The van der Waals surface area contributed by atoms with E-state index < -0.39 is 30.8 Å². The first-order valence-corrected chi connectivity index (χ1v) is 8.98. The lowest BCUT2D eigenvalue weighted by atomic mass is 10.0. The van der Waals surface area contributed by atoms with Gasteiger partial charge in [0, 0.05) is 0 Å². The van der Waals surface area contributed by atoms with Crippen LogP contribution in [-0.2, 0) is 4.79 Å². The van der Waals surface area contributed by atoms with Crippen molar-refractivity contribution in [3.05, 3.63) is 64.7 Å². The third-order valence-electron chi connectivity index (χ3n) is 4.73. The van der Waals surface area contributed by atoms with E-state index in [-0.39, 0.29) is 10.7 Å². The van der Waals surface area contributed by atoms with Crippen LogP contribution in [0.5, 0.6) is 5.75 Å². The Kier molecular flexibility index (Phi) is 5.40. The number of ether oxygens (including phenoxy) is 1. The van der Waals surface area contributed by atoms with Gasteiger partial charge in [-0.05, 0) is 37.5 Å². The van der Waals surface area contributed by atoms with E-state index in [0.29, 0.717) is 11.3 Å². The Labute approximate surface area is 166 Å². The molecule has 0 aromatic heterocycles. The minimum absolute atomic E-state index is 0.0264. The lowest BCUT2D eigenvalue weighted by molar-refractivity contribution is -0.302. The number of hydrazone groups is 1. The van der Waals surface area contributed by atoms with Crippen LogP contribution in [0.4, 0.5) is 13.2 Å². The van der Waals surface area contributed by atoms with Gasteiger partial charge in [-0.1, -0.05) is 48.0 Å². The molecule has 1 aliphatic rings. The van der Waals surface area contributed by atoms with Crippen LogP contribution in [0.3, 0.4) is 0 Å². The number of alkyl halides is 3. The van der Waals surface area contributed by atoms with Gasteiger partial charge in [0.1, 0.15) is 5.75 Å². The topological polar surface area (TPSA) is 62.1 Å². The van der Waals surface area contributed by atoms with E-state index >= 15 is 0 Å². The van der Waals surface area contributed by atoms with Crippen molar-refractivity contribution in [1.29, 1.82) is 0 Å². The van der Waals surface area contributed by atoms with Gasteiger partial charge in [0.05, 0.1) is 12.1 Å². The number of carbonyl (C=O) groups is 1.